The van der Waals surface area contributed by atoms with Gasteiger partial charge in [0.1, 0.15) is 24.4 Å². The summed E-state index contributed by atoms with van der Waals surface area (Å²) in [5.74, 6) is 0. The van der Waals surface area contributed by atoms with Gasteiger partial charge in [-0.05, 0) is 39.0 Å². The van der Waals surface area contributed by atoms with E-state index in [-0.39, 0.29) is 23.7 Å². The Labute approximate surface area is 154 Å². The third-order valence-electron chi connectivity index (χ3n) is 4.78. The lowest BCUT2D eigenvalue weighted by Gasteiger charge is -2.53. The predicted molar refractivity (Wildman–Crippen MR) is 91.8 cm³/mol. The fourth-order valence-electron chi connectivity index (χ4n) is 4.24. The van der Waals surface area contributed by atoms with E-state index >= 15 is 0 Å². The molecular formula is C16H31O9P. The van der Waals surface area contributed by atoms with E-state index in [0.717, 1.165) is 12.8 Å². The van der Waals surface area contributed by atoms with Crippen molar-refractivity contribution in [1.29, 1.82) is 0 Å². The number of hydrogen-bond donors (Lipinski definition) is 4. The van der Waals surface area contributed by atoms with Crippen molar-refractivity contribution in [3.8, 4) is 0 Å². The van der Waals surface area contributed by atoms with Crippen molar-refractivity contribution in [1.82, 2.24) is 0 Å². The molecule has 1 heterocycles. The van der Waals surface area contributed by atoms with Crippen LogP contribution in [0.15, 0.2) is 0 Å². The smallest absolute Gasteiger partial charge is 0.317 e. The van der Waals surface area contributed by atoms with Crippen molar-refractivity contribution in [2.45, 2.75) is 82.9 Å². The fraction of sp³-hybridized carbons (Fsp3) is 1.00. The van der Waals surface area contributed by atoms with Crippen LogP contribution in [0.5, 0.6) is 0 Å². The van der Waals surface area contributed by atoms with Gasteiger partial charge in [-0.2, -0.15) is 0 Å². The van der Waals surface area contributed by atoms with Crippen LogP contribution in [0, 0.1) is 5.41 Å². The molecule has 26 heavy (non-hydrogen) atoms. The second-order valence-electron chi connectivity index (χ2n) is 8.15. The van der Waals surface area contributed by atoms with Crippen molar-refractivity contribution in [2.75, 3.05) is 13.2 Å². The molecule has 0 aromatic rings. The second-order valence-corrected chi connectivity index (χ2v) is 8.91. The maximum atomic E-state index is 11.0. The molecule has 1 saturated heterocycles. The molecule has 0 aromatic heterocycles. The van der Waals surface area contributed by atoms with E-state index in [2.05, 4.69) is 0 Å². The van der Waals surface area contributed by atoms with E-state index in [0.29, 0.717) is 0 Å². The van der Waals surface area contributed by atoms with Crippen LogP contribution in [0.4, 0.5) is 0 Å². The van der Waals surface area contributed by atoms with E-state index in [1.54, 1.807) is 0 Å². The van der Waals surface area contributed by atoms with Gasteiger partial charge >= 0.3 is 8.25 Å². The highest BCUT2D eigenvalue weighted by atomic mass is 31.1. The zero-order valence-electron chi connectivity index (χ0n) is 15.6. The molecule has 1 saturated carbocycles. The van der Waals surface area contributed by atoms with Crippen LogP contribution in [0.25, 0.3) is 0 Å². The molecule has 0 amide bonds. The number of aliphatic hydroxyl groups excluding tert-OH is 3. The van der Waals surface area contributed by atoms with Crippen LogP contribution < -0.4 is 0 Å². The molecule has 1 aliphatic carbocycles. The Hall–Kier alpha value is -0.0900. The molecule has 0 spiro atoms. The summed E-state index contributed by atoms with van der Waals surface area (Å²) >= 11 is 0. The molecule has 154 valence electrons. The average molecular weight is 398 g/mol. The predicted octanol–water partition coefficient (Wildman–Crippen LogP) is 0.193. The van der Waals surface area contributed by atoms with Gasteiger partial charge in [-0.25, -0.2) is 0 Å². The summed E-state index contributed by atoms with van der Waals surface area (Å²) in [6, 6.07) is 0. The van der Waals surface area contributed by atoms with Crippen LogP contribution >= 0.6 is 8.25 Å². The minimum absolute atomic E-state index is 0.125. The molecule has 0 radical (unpaired) electrons. The van der Waals surface area contributed by atoms with Crippen molar-refractivity contribution in [2.24, 2.45) is 5.41 Å². The zero-order valence-corrected chi connectivity index (χ0v) is 16.6. The Morgan fingerprint density at radius 1 is 1.23 bits per heavy atom. The molecule has 6 atom stereocenters. The van der Waals surface area contributed by atoms with Gasteiger partial charge < -0.3 is 38.9 Å². The lowest BCUT2D eigenvalue weighted by molar-refractivity contribution is -0.309. The van der Waals surface area contributed by atoms with Crippen LogP contribution in [-0.2, 0) is 23.3 Å². The highest BCUT2D eigenvalue weighted by Gasteiger charge is 2.52. The van der Waals surface area contributed by atoms with Gasteiger partial charge in [0.15, 0.2) is 6.29 Å². The number of ether oxygens (including phenoxy) is 3. The van der Waals surface area contributed by atoms with Gasteiger partial charge in [-0.1, -0.05) is 6.92 Å². The monoisotopic (exact) mass is 398 g/mol. The van der Waals surface area contributed by atoms with Gasteiger partial charge in [-0.15, -0.1) is 0 Å². The Bertz CT molecular complexity index is 494. The molecule has 4 N–H and O–H groups in total. The summed E-state index contributed by atoms with van der Waals surface area (Å²) in [6.45, 7) is 7.76. The average Bonchev–Trinajstić information content (AvgIpc) is 2.48. The summed E-state index contributed by atoms with van der Waals surface area (Å²) in [5.41, 5.74) is -0.386. The van der Waals surface area contributed by atoms with Crippen LogP contribution in [-0.4, -0.2) is 75.8 Å². The van der Waals surface area contributed by atoms with Crippen molar-refractivity contribution < 1.29 is 43.5 Å². The molecule has 2 aliphatic rings. The molecule has 9 nitrogen and oxygen atoms in total. The molecule has 6 unspecified atom stereocenters. The van der Waals surface area contributed by atoms with E-state index in [1.807, 2.05) is 27.7 Å². The Morgan fingerprint density at radius 2 is 1.85 bits per heavy atom. The number of aliphatic hydroxyl groups is 3. The van der Waals surface area contributed by atoms with Crippen molar-refractivity contribution in [3.63, 3.8) is 0 Å². The quantitative estimate of drug-likeness (QED) is 0.423. The first-order valence-corrected chi connectivity index (χ1v) is 10.1. The largest absolute Gasteiger partial charge is 0.394 e. The summed E-state index contributed by atoms with van der Waals surface area (Å²) < 4.78 is 32.7. The van der Waals surface area contributed by atoms with Crippen molar-refractivity contribution in [3.05, 3.63) is 0 Å². The van der Waals surface area contributed by atoms with Crippen LogP contribution in [0.3, 0.4) is 0 Å². The molecule has 0 bridgehead atoms. The molecule has 2 rings (SSSR count). The Balaban J connectivity index is 1.94. The first kappa shape index (κ1) is 22.2. The van der Waals surface area contributed by atoms with E-state index in [9.17, 15) is 19.9 Å². The molecular weight excluding hydrogens is 367 g/mol. The summed E-state index contributed by atoms with van der Waals surface area (Å²) in [7, 11) is -3.39. The number of hydrogen-bond acceptors (Lipinski definition) is 8. The SMILES string of the molecule is CC(C)OC1(C)CC(C)(COC2OC(CO)C(O)C(O[PH](=O)O)C2O)C1. The summed E-state index contributed by atoms with van der Waals surface area (Å²) in [6.07, 6.45) is -4.88. The second kappa shape index (κ2) is 8.51. The van der Waals surface area contributed by atoms with E-state index in [1.165, 1.54) is 0 Å². The van der Waals surface area contributed by atoms with Gasteiger partial charge in [0.05, 0.1) is 24.9 Å². The Kier molecular flexibility index (Phi) is 7.27. The highest BCUT2D eigenvalue weighted by Crippen LogP contribution is 2.51. The van der Waals surface area contributed by atoms with Gasteiger partial charge in [-0.3, -0.25) is 4.57 Å². The van der Waals surface area contributed by atoms with Gasteiger partial charge in [0.25, 0.3) is 0 Å². The maximum Gasteiger partial charge on any atom is 0.317 e. The highest BCUT2D eigenvalue weighted by molar-refractivity contribution is 7.32. The first-order chi connectivity index (χ1) is 12.0. The minimum Gasteiger partial charge on any atom is -0.394 e. The summed E-state index contributed by atoms with van der Waals surface area (Å²) in [5, 5.41) is 29.7. The van der Waals surface area contributed by atoms with Crippen LogP contribution in [0.1, 0.15) is 40.5 Å². The standard InChI is InChI=1S/C16H31O9P/c1-9(2)24-16(4)6-15(3,7-16)8-22-14-12(19)13(25-26(20)21)11(18)10(5-17)23-14/h9-14,17-19,26H,5-8H2,1-4H3,(H,20,21). The molecule has 10 heteroatoms. The molecule has 1 aliphatic heterocycles. The molecule has 0 aromatic carbocycles. The van der Waals surface area contributed by atoms with Crippen LogP contribution in [0.2, 0.25) is 0 Å². The summed E-state index contributed by atoms with van der Waals surface area (Å²) in [4.78, 5) is 8.97. The normalized spacial score (nSPS) is 44.7. The van der Waals surface area contributed by atoms with Gasteiger partial charge in [0, 0.05) is 0 Å². The lowest BCUT2D eigenvalue weighted by atomic mass is 9.61. The third-order valence-corrected chi connectivity index (χ3v) is 5.25. The lowest BCUT2D eigenvalue weighted by Crippen LogP contribution is -2.60. The van der Waals surface area contributed by atoms with E-state index < -0.39 is 45.6 Å². The van der Waals surface area contributed by atoms with E-state index in [4.69, 9.17) is 23.6 Å². The Morgan fingerprint density at radius 3 is 2.35 bits per heavy atom. The number of rotatable bonds is 8. The maximum absolute atomic E-state index is 11.0. The topological polar surface area (TPSA) is 135 Å². The minimum atomic E-state index is -3.39. The molecule has 2 fully saturated rings. The van der Waals surface area contributed by atoms with Gasteiger partial charge in [0.2, 0.25) is 0 Å². The zero-order chi connectivity index (χ0) is 19.7. The third kappa shape index (κ3) is 5.25. The fourth-order valence-corrected chi connectivity index (χ4v) is 4.75. The first-order valence-electron chi connectivity index (χ1n) is 8.80. The van der Waals surface area contributed by atoms with Crippen molar-refractivity contribution >= 4 is 8.25 Å².